The first-order valence-electron chi connectivity index (χ1n) is 6.62. The minimum absolute atomic E-state index is 0.520. The second-order valence-corrected chi connectivity index (χ2v) is 4.82. The molecule has 0 bridgehead atoms. The zero-order valence-electron chi connectivity index (χ0n) is 10.6. The molecule has 3 rings (SSSR count). The van der Waals surface area contributed by atoms with Crippen molar-refractivity contribution in [3.05, 3.63) is 47.0 Å². The lowest BCUT2D eigenvalue weighted by Gasteiger charge is -2.11. The molecule has 0 amide bonds. The third-order valence-corrected chi connectivity index (χ3v) is 3.90. The molecule has 0 aliphatic heterocycles. The first-order chi connectivity index (χ1) is 8.35. The van der Waals surface area contributed by atoms with E-state index >= 15 is 0 Å². The number of aryl methyl sites for hydroxylation is 1. The molecule has 0 saturated carbocycles. The zero-order chi connectivity index (χ0) is 11.8. The summed E-state index contributed by atoms with van der Waals surface area (Å²) in [5.74, 6) is 0. The highest BCUT2D eigenvalue weighted by atomic mass is 14.9. The van der Waals surface area contributed by atoms with Crippen molar-refractivity contribution in [2.75, 3.05) is 6.54 Å². The van der Waals surface area contributed by atoms with Gasteiger partial charge in [-0.05, 0) is 46.8 Å². The summed E-state index contributed by atoms with van der Waals surface area (Å²) in [6.45, 7) is 5.47. The van der Waals surface area contributed by atoms with Gasteiger partial charge in [-0.3, -0.25) is 0 Å². The highest BCUT2D eigenvalue weighted by Crippen LogP contribution is 2.38. The van der Waals surface area contributed by atoms with Crippen LogP contribution in [0.2, 0.25) is 0 Å². The van der Waals surface area contributed by atoms with Gasteiger partial charge in [-0.15, -0.1) is 0 Å². The Morgan fingerprint density at radius 1 is 1.18 bits per heavy atom. The van der Waals surface area contributed by atoms with Gasteiger partial charge in [-0.2, -0.15) is 0 Å². The van der Waals surface area contributed by atoms with Crippen molar-refractivity contribution >= 4 is 10.8 Å². The lowest BCUT2D eigenvalue weighted by molar-refractivity contribution is 0.566. The quantitative estimate of drug-likeness (QED) is 0.841. The maximum atomic E-state index is 3.60. The van der Waals surface area contributed by atoms with Gasteiger partial charge in [0.25, 0.3) is 0 Å². The summed E-state index contributed by atoms with van der Waals surface area (Å²) < 4.78 is 0. The SMILES string of the molecule is CCNC1Cc2c(CC)ccc3cccc1c23. The maximum Gasteiger partial charge on any atom is 0.0367 e. The van der Waals surface area contributed by atoms with Crippen LogP contribution in [0.5, 0.6) is 0 Å². The largest absolute Gasteiger partial charge is 0.310 e. The number of nitrogens with one attached hydrogen (secondary N) is 1. The Kier molecular flexibility index (Phi) is 2.64. The third kappa shape index (κ3) is 1.57. The third-order valence-electron chi connectivity index (χ3n) is 3.90. The van der Waals surface area contributed by atoms with E-state index in [9.17, 15) is 0 Å². The molecule has 1 atom stereocenters. The summed E-state index contributed by atoms with van der Waals surface area (Å²) in [5.41, 5.74) is 4.59. The van der Waals surface area contributed by atoms with Crippen molar-refractivity contribution < 1.29 is 0 Å². The average molecular weight is 225 g/mol. The Hall–Kier alpha value is -1.34. The van der Waals surface area contributed by atoms with Gasteiger partial charge < -0.3 is 5.32 Å². The predicted molar refractivity (Wildman–Crippen MR) is 73.4 cm³/mol. The first kappa shape index (κ1) is 10.8. The molecule has 1 N–H and O–H groups in total. The van der Waals surface area contributed by atoms with E-state index in [4.69, 9.17) is 0 Å². The van der Waals surface area contributed by atoms with Crippen LogP contribution in [0.4, 0.5) is 0 Å². The molecule has 1 aliphatic carbocycles. The van der Waals surface area contributed by atoms with E-state index in [0.717, 1.165) is 19.4 Å². The van der Waals surface area contributed by atoms with E-state index in [0.29, 0.717) is 6.04 Å². The van der Waals surface area contributed by atoms with E-state index < -0.39 is 0 Å². The van der Waals surface area contributed by atoms with Crippen molar-refractivity contribution in [1.29, 1.82) is 0 Å². The molecule has 1 heteroatoms. The summed E-state index contributed by atoms with van der Waals surface area (Å²) in [5, 5.41) is 6.51. The number of rotatable bonds is 3. The Bertz CT molecular complexity index is 557. The molecule has 0 radical (unpaired) electrons. The van der Waals surface area contributed by atoms with Crippen molar-refractivity contribution in [3.63, 3.8) is 0 Å². The molecule has 0 spiro atoms. The van der Waals surface area contributed by atoms with E-state index in [2.05, 4.69) is 49.5 Å². The van der Waals surface area contributed by atoms with Crippen molar-refractivity contribution in [2.24, 2.45) is 0 Å². The average Bonchev–Trinajstić information content (AvgIpc) is 2.72. The molecule has 0 heterocycles. The van der Waals surface area contributed by atoms with Crippen LogP contribution in [0.25, 0.3) is 10.8 Å². The lowest BCUT2D eigenvalue weighted by Crippen LogP contribution is -2.19. The molecule has 17 heavy (non-hydrogen) atoms. The van der Waals surface area contributed by atoms with E-state index in [1.807, 2.05) is 0 Å². The van der Waals surface area contributed by atoms with Gasteiger partial charge in [-0.1, -0.05) is 44.2 Å². The Morgan fingerprint density at radius 3 is 2.82 bits per heavy atom. The van der Waals surface area contributed by atoms with Crippen molar-refractivity contribution in [3.8, 4) is 0 Å². The second-order valence-electron chi connectivity index (χ2n) is 4.82. The van der Waals surface area contributed by atoms with E-state index in [1.165, 1.54) is 21.9 Å². The van der Waals surface area contributed by atoms with Gasteiger partial charge in [0.05, 0.1) is 0 Å². The van der Waals surface area contributed by atoms with Crippen LogP contribution < -0.4 is 5.32 Å². The second kappa shape index (κ2) is 4.15. The normalized spacial score (nSPS) is 17.9. The topological polar surface area (TPSA) is 12.0 Å². The standard InChI is InChI=1S/C16H19N/c1-3-11-8-9-12-6-5-7-13-15(17-4-2)10-14(11)16(12)13/h5-9,15,17H,3-4,10H2,1-2H3. The van der Waals surface area contributed by atoms with Crippen molar-refractivity contribution in [2.45, 2.75) is 32.7 Å². The zero-order valence-corrected chi connectivity index (χ0v) is 10.6. The number of benzene rings is 2. The number of likely N-dealkylation sites (N-methyl/N-ethyl adjacent to an activating group) is 1. The fourth-order valence-corrected chi connectivity index (χ4v) is 3.13. The molecule has 0 saturated heterocycles. The molecule has 88 valence electrons. The highest BCUT2D eigenvalue weighted by molar-refractivity contribution is 5.92. The fourth-order valence-electron chi connectivity index (χ4n) is 3.13. The summed E-state index contributed by atoms with van der Waals surface area (Å²) in [4.78, 5) is 0. The Labute approximate surface area is 103 Å². The first-order valence-corrected chi connectivity index (χ1v) is 6.62. The molecule has 0 fully saturated rings. The number of hydrogen-bond acceptors (Lipinski definition) is 1. The summed E-state index contributed by atoms with van der Waals surface area (Å²) >= 11 is 0. The van der Waals surface area contributed by atoms with Gasteiger partial charge >= 0.3 is 0 Å². The van der Waals surface area contributed by atoms with Crippen molar-refractivity contribution in [1.82, 2.24) is 5.32 Å². The summed E-state index contributed by atoms with van der Waals surface area (Å²) in [6.07, 6.45) is 2.30. The van der Waals surface area contributed by atoms with Gasteiger partial charge in [0.1, 0.15) is 0 Å². The number of hydrogen-bond donors (Lipinski definition) is 1. The minimum Gasteiger partial charge on any atom is -0.310 e. The Balaban J connectivity index is 2.24. The van der Waals surface area contributed by atoms with Crippen LogP contribution >= 0.6 is 0 Å². The summed E-state index contributed by atoms with van der Waals surface area (Å²) in [6, 6.07) is 11.8. The van der Waals surface area contributed by atoms with E-state index in [-0.39, 0.29) is 0 Å². The molecule has 0 aromatic heterocycles. The molecule has 1 unspecified atom stereocenters. The molecule has 1 aliphatic rings. The van der Waals surface area contributed by atoms with Crippen LogP contribution in [0, 0.1) is 0 Å². The molecule has 1 nitrogen and oxygen atoms in total. The van der Waals surface area contributed by atoms with Gasteiger partial charge in [0, 0.05) is 6.04 Å². The van der Waals surface area contributed by atoms with E-state index in [1.54, 1.807) is 5.56 Å². The van der Waals surface area contributed by atoms with Crippen LogP contribution in [-0.2, 0) is 12.8 Å². The smallest absolute Gasteiger partial charge is 0.0367 e. The van der Waals surface area contributed by atoms with Crippen LogP contribution in [-0.4, -0.2) is 6.54 Å². The molecular weight excluding hydrogens is 206 g/mol. The van der Waals surface area contributed by atoms with Crippen LogP contribution in [0.1, 0.15) is 36.6 Å². The van der Waals surface area contributed by atoms with Gasteiger partial charge in [0.2, 0.25) is 0 Å². The molecular formula is C16H19N. The van der Waals surface area contributed by atoms with Crippen LogP contribution in [0.3, 0.4) is 0 Å². The predicted octanol–water partition coefficient (Wildman–Crippen LogP) is 3.61. The van der Waals surface area contributed by atoms with Crippen LogP contribution in [0.15, 0.2) is 30.3 Å². The molecule has 2 aromatic carbocycles. The Morgan fingerprint density at radius 2 is 2.06 bits per heavy atom. The van der Waals surface area contributed by atoms with Gasteiger partial charge in [0.15, 0.2) is 0 Å². The fraction of sp³-hybridized carbons (Fsp3) is 0.375. The lowest BCUT2D eigenvalue weighted by atomic mass is 9.99. The monoisotopic (exact) mass is 225 g/mol. The molecule has 2 aromatic rings. The van der Waals surface area contributed by atoms with Gasteiger partial charge in [-0.25, -0.2) is 0 Å². The maximum absolute atomic E-state index is 3.60. The highest BCUT2D eigenvalue weighted by Gasteiger charge is 2.24. The minimum atomic E-state index is 0.520. The summed E-state index contributed by atoms with van der Waals surface area (Å²) in [7, 11) is 0.